The Morgan fingerprint density at radius 3 is 2.82 bits per heavy atom. The van der Waals surface area contributed by atoms with Gasteiger partial charge in [0.1, 0.15) is 0 Å². The van der Waals surface area contributed by atoms with Crippen LogP contribution in [-0.2, 0) is 0 Å². The van der Waals surface area contributed by atoms with Crippen LogP contribution in [0.15, 0.2) is 22.2 Å². The second-order valence-electron chi connectivity index (χ2n) is 5.29. The fourth-order valence-electron chi connectivity index (χ4n) is 1.19. The van der Waals surface area contributed by atoms with Crippen LogP contribution in [0.25, 0.3) is 0 Å². The van der Waals surface area contributed by atoms with Crippen molar-refractivity contribution in [3.05, 3.63) is 22.6 Å². The average Bonchev–Trinajstić information content (AvgIpc) is 2.23. The molecule has 1 atom stereocenters. The van der Waals surface area contributed by atoms with Gasteiger partial charge in [0.05, 0.1) is 0 Å². The molecule has 4 nitrogen and oxygen atoms in total. The molecule has 1 heterocycles. The van der Waals surface area contributed by atoms with E-state index < -0.39 is 0 Å². The van der Waals surface area contributed by atoms with Crippen molar-refractivity contribution in [2.24, 2.45) is 5.92 Å². The maximum absolute atomic E-state index is 11.1. The number of aromatic amines is 1. The van der Waals surface area contributed by atoms with Crippen molar-refractivity contribution in [2.75, 3.05) is 12.3 Å². The largest absolute Gasteiger partial charge is 0.312 e. The predicted octanol–water partition coefficient (Wildman–Crippen LogP) is 1.89. The Kier molecular flexibility index (Phi) is 5.21. The van der Waals surface area contributed by atoms with Crippen LogP contribution in [0.1, 0.15) is 27.7 Å². The van der Waals surface area contributed by atoms with Crippen LogP contribution < -0.4 is 10.9 Å². The summed E-state index contributed by atoms with van der Waals surface area (Å²) in [6.45, 7) is 9.62. The summed E-state index contributed by atoms with van der Waals surface area (Å²) in [5.74, 6) is 1.47. The van der Waals surface area contributed by atoms with Crippen LogP contribution in [0, 0.1) is 5.92 Å². The van der Waals surface area contributed by atoms with Crippen molar-refractivity contribution in [1.82, 2.24) is 15.3 Å². The molecule has 0 aliphatic carbocycles. The smallest absolute Gasteiger partial charge is 0.251 e. The van der Waals surface area contributed by atoms with E-state index in [-0.39, 0.29) is 11.1 Å². The number of nitrogens with one attached hydrogen (secondary N) is 2. The molecule has 0 radical (unpaired) electrons. The van der Waals surface area contributed by atoms with Crippen LogP contribution >= 0.6 is 11.8 Å². The van der Waals surface area contributed by atoms with Gasteiger partial charge in [0.2, 0.25) is 0 Å². The highest BCUT2D eigenvalue weighted by molar-refractivity contribution is 7.99. The van der Waals surface area contributed by atoms with Gasteiger partial charge >= 0.3 is 0 Å². The fourth-order valence-corrected chi connectivity index (χ4v) is 2.05. The van der Waals surface area contributed by atoms with Crippen LogP contribution in [0.5, 0.6) is 0 Å². The van der Waals surface area contributed by atoms with Crippen LogP contribution in [0.2, 0.25) is 0 Å². The van der Waals surface area contributed by atoms with Gasteiger partial charge in [-0.2, -0.15) is 0 Å². The van der Waals surface area contributed by atoms with Gasteiger partial charge in [-0.3, -0.25) is 4.79 Å². The molecule has 2 N–H and O–H groups in total. The summed E-state index contributed by atoms with van der Waals surface area (Å²) in [4.78, 5) is 17.9. The van der Waals surface area contributed by atoms with E-state index in [4.69, 9.17) is 0 Å². The second-order valence-corrected chi connectivity index (χ2v) is 6.30. The Hall–Kier alpha value is -0.810. The van der Waals surface area contributed by atoms with Crippen molar-refractivity contribution >= 4 is 11.8 Å². The van der Waals surface area contributed by atoms with E-state index in [1.165, 1.54) is 6.07 Å². The minimum Gasteiger partial charge on any atom is -0.312 e. The zero-order chi connectivity index (χ0) is 12.9. The standard InChI is InChI=1S/C12H21N3OS/c1-9(7-14-12(2,3)4)8-17-11-13-6-5-10(16)15-11/h5-6,9,14H,7-8H2,1-4H3,(H,13,15,16). The van der Waals surface area contributed by atoms with Gasteiger partial charge in [0.15, 0.2) is 5.16 Å². The molecule has 1 unspecified atom stereocenters. The molecule has 17 heavy (non-hydrogen) atoms. The van der Waals surface area contributed by atoms with E-state index in [2.05, 4.69) is 43.0 Å². The first-order valence-corrected chi connectivity index (χ1v) is 6.78. The zero-order valence-electron chi connectivity index (χ0n) is 10.9. The lowest BCUT2D eigenvalue weighted by Gasteiger charge is -2.23. The lowest BCUT2D eigenvalue weighted by atomic mass is 10.1. The quantitative estimate of drug-likeness (QED) is 0.623. The van der Waals surface area contributed by atoms with E-state index in [0.29, 0.717) is 11.1 Å². The minimum absolute atomic E-state index is 0.0945. The molecule has 1 aromatic rings. The summed E-state index contributed by atoms with van der Waals surface area (Å²) in [5.41, 5.74) is 0.0566. The second kappa shape index (κ2) is 6.21. The Labute approximate surface area is 107 Å². The molecule has 0 aliphatic heterocycles. The molecule has 0 fully saturated rings. The molecule has 0 bridgehead atoms. The van der Waals surface area contributed by atoms with Crippen molar-refractivity contribution in [2.45, 2.75) is 38.4 Å². The number of rotatable bonds is 5. The van der Waals surface area contributed by atoms with Gasteiger partial charge in [-0.1, -0.05) is 18.7 Å². The molecular formula is C12H21N3OS. The average molecular weight is 255 g/mol. The third-order valence-electron chi connectivity index (χ3n) is 2.13. The molecule has 0 aliphatic rings. The molecule has 5 heteroatoms. The Morgan fingerprint density at radius 2 is 2.24 bits per heavy atom. The highest BCUT2D eigenvalue weighted by atomic mass is 32.2. The first-order valence-electron chi connectivity index (χ1n) is 5.80. The number of hydrogen-bond acceptors (Lipinski definition) is 4. The molecule has 0 amide bonds. The highest BCUT2D eigenvalue weighted by Gasteiger charge is 2.11. The van der Waals surface area contributed by atoms with Gasteiger partial charge in [-0.25, -0.2) is 4.98 Å². The molecule has 0 aromatic carbocycles. The number of hydrogen-bond donors (Lipinski definition) is 2. The number of nitrogens with zero attached hydrogens (tertiary/aromatic N) is 1. The summed E-state index contributed by atoms with van der Waals surface area (Å²) in [7, 11) is 0. The topological polar surface area (TPSA) is 57.8 Å². The van der Waals surface area contributed by atoms with Crippen molar-refractivity contribution in [1.29, 1.82) is 0 Å². The van der Waals surface area contributed by atoms with Gasteiger partial charge < -0.3 is 10.3 Å². The first-order chi connectivity index (χ1) is 7.87. The van der Waals surface area contributed by atoms with Gasteiger partial charge in [0.25, 0.3) is 5.56 Å². The van der Waals surface area contributed by atoms with Gasteiger partial charge in [0, 0.05) is 23.6 Å². The van der Waals surface area contributed by atoms with Crippen LogP contribution in [0.3, 0.4) is 0 Å². The Balaban J connectivity index is 2.33. The Morgan fingerprint density at radius 1 is 1.53 bits per heavy atom. The molecule has 96 valence electrons. The normalized spacial score (nSPS) is 13.6. The third-order valence-corrected chi connectivity index (χ3v) is 3.35. The van der Waals surface area contributed by atoms with E-state index in [1.807, 2.05) is 0 Å². The fraction of sp³-hybridized carbons (Fsp3) is 0.667. The number of thioether (sulfide) groups is 1. The lowest BCUT2D eigenvalue weighted by molar-refractivity contribution is 0.395. The third kappa shape index (κ3) is 6.48. The summed E-state index contributed by atoms with van der Waals surface area (Å²) < 4.78 is 0. The zero-order valence-corrected chi connectivity index (χ0v) is 11.7. The summed E-state index contributed by atoms with van der Waals surface area (Å²) in [5, 5.41) is 4.16. The molecule has 0 saturated carbocycles. The minimum atomic E-state index is -0.0945. The van der Waals surface area contributed by atoms with Crippen LogP contribution in [0.4, 0.5) is 0 Å². The monoisotopic (exact) mass is 255 g/mol. The molecule has 0 saturated heterocycles. The van der Waals surface area contributed by atoms with E-state index in [9.17, 15) is 4.79 Å². The first kappa shape index (κ1) is 14.3. The highest BCUT2D eigenvalue weighted by Crippen LogP contribution is 2.14. The molecule has 1 aromatic heterocycles. The Bertz CT molecular complexity index is 397. The summed E-state index contributed by atoms with van der Waals surface area (Å²) >= 11 is 1.59. The molecule has 0 spiro atoms. The van der Waals surface area contributed by atoms with E-state index in [1.54, 1.807) is 18.0 Å². The number of aromatic nitrogens is 2. The molecule has 1 rings (SSSR count). The molecular weight excluding hydrogens is 234 g/mol. The summed E-state index contributed by atoms with van der Waals surface area (Å²) in [6.07, 6.45) is 1.54. The van der Waals surface area contributed by atoms with E-state index in [0.717, 1.165) is 12.3 Å². The predicted molar refractivity (Wildman–Crippen MR) is 72.5 cm³/mol. The lowest BCUT2D eigenvalue weighted by Crippen LogP contribution is -2.39. The SMILES string of the molecule is CC(CNC(C)(C)C)CSc1nccc(=O)[nH]1. The van der Waals surface area contributed by atoms with Gasteiger partial charge in [-0.15, -0.1) is 0 Å². The van der Waals surface area contributed by atoms with Crippen molar-refractivity contribution in [3.8, 4) is 0 Å². The number of H-pyrrole nitrogens is 1. The van der Waals surface area contributed by atoms with Crippen molar-refractivity contribution in [3.63, 3.8) is 0 Å². The maximum atomic E-state index is 11.1. The summed E-state index contributed by atoms with van der Waals surface area (Å²) in [6, 6.07) is 1.43. The van der Waals surface area contributed by atoms with Crippen LogP contribution in [-0.4, -0.2) is 27.8 Å². The van der Waals surface area contributed by atoms with Gasteiger partial charge in [-0.05, 0) is 33.2 Å². The van der Waals surface area contributed by atoms with Crippen molar-refractivity contribution < 1.29 is 0 Å². The van der Waals surface area contributed by atoms with E-state index >= 15 is 0 Å². The maximum Gasteiger partial charge on any atom is 0.251 e.